The Hall–Kier alpha value is -1.94. The van der Waals surface area contributed by atoms with E-state index in [9.17, 15) is 0 Å². The number of nitrogens with zero attached hydrogens (tertiary/aromatic N) is 3. The van der Waals surface area contributed by atoms with Crippen molar-refractivity contribution in [2.75, 3.05) is 31.1 Å². The highest BCUT2D eigenvalue weighted by atomic mass is 35.5. The van der Waals surface area contributed by atoms with Crippen molar-refractivity contribution in [1.82, 2.24) is 9.47 Å². The van der Waals surface area contributed by atoms with Gasteiger partial charge in [-0.1, -0.05) is 41.4 Å². The van der Waals surface area contributed by atoms with Gasteiger partial charge in [0.2, 0.25) is 0 Å². The topological polar surface area (TPSA) is 11.4 Å². The molecule has 28 heavy (non-hydrogen) atoms. The zero-order valence-corrected chi connectivity index (χ0v) is 17.8. The molecule has 0 amide bonds. The van der Waals surface area contributed by atoms with Crippen LogP contribution in [0.3, 0.4) is 0 Å². The number of halogens is 2. The fourth-order valence-corrected chi connectivity index (χ4v) is 4.30. The van der Waals surface area contributed by atoms with Crippen molar-refractivity contribution >= 4 is 28.9 Å². The lowest BCUT2D eigenvalue weighted by molar-refractivity contribution is 0.246. The van der Waals surface area contributed by atoms with Gasteiger partial charge in [0.15, 0.2) is 0 Å². The van der Waals surface area contributed by atoms with E-state index < -0.39 is 0 Å². The van der Waals surface area contributed by atoms with E-state index in [4.69, 9.17) is 23.2 Å². The van der Waals surface area contributed by atoms with Crippen molar-refractivity contribution in [2.24, 2.45) is 0 Å². The third kappa shape index (κ3) is 3.80. The van der Waals surface area contributed by atoms with Crippen molar-refractivity contribution in [2.45, 2.75) is 20.4 Å². The van der Waals surface area contributed by atoms with Crippen LogP contribution in [0.4, 0.5) is 5.69 Å². The highest BCUT2D eigenvalue weighted by molar-refractivity contribution is 6.43. The molecule has 1 aliphatic heterocycles. The Morgan fingerprint density at radius 2 is 1.54 bits per heavy atom. The first-order chi connectivity index (χ1) is 13.5. The summed E-state index contributed by atoms with van der Waals surface area (Å²) in [4.78, 5) is 5.01. The molecule has 1 saturated heterocycles. The Labute approximate surface area is 177 Å². The zero-order chi connectivity index (χ0) is 19.7. The second-order valence-corrected chi connectivity index (χ2v) is 8.21. The summed E-state index contributed by atoms with van der Waals surface area (Å²) in [7, 11) is 0. The van der Waals surface area contributed by atoms with Crippen molar-refractivity contribution in [1.29, 1.82) is 0 Å². The highest BCUT2D eigenvalue weighted by Gasteiger charge is 2.20. The zero-order valence-electron chi connectivity index (χ0n) is 16.3. The predicted octanol–water partition coefficient (Wildman–Crippen LogP) is 5.72. The number of rotatable bonds is 4. The van der Waals surface area contributed by atoms with E-state index in [1.807, 2.05) is 18.2 Å². The molecular weight excluding hydrogens is 389 g/mol. The SMILES string of the molecule is Cc1cccc(N2CCN(Cc3cccn3-c3cccc(Cl)c3Cl)CC2)c1C. The van der Waals surface area contributed by atoms with Crippen LogP contribution in [-0.2, 0) is 6.54 Å². The van der Waals surface area contributed by atoms with E-state index in [2.05, 4.69) is 64.7 Å². The summed E-state index contributed by atoms with van der Waals surface area (Å²) in [5, 5.41) is 1.18. The molecule has 0 atom stereocenters. The third-order valence-corrected chi connectivity index (χ3v) is 6.51. The average molecular weight is 414 g/mol. The molecule has 0 radical (unpaired) electrons. The van der Waals surface area contributed by atoms with Gasteiger partial charge in [-0.05, 0) is 55.3 Å². The number of piperazine rings is 1. The molecule has 3 aromatic rings. The van der Waals surface area contributed by atoms with Gasteiger partial charge >= 0.3 is 0 Å². The normalized spacial score (nSPS) is 15.2. The monoisotopic (exact) mass is 413 g/mol. The molecular formula is C23H25Cl2N3. The van der Waals surface area contributed by atoms with Gasteiger partial charge in [-0.15, -0.1) is 0 Å². The molecule has 2 aromatic carbocycles. The smallest absolute Gasteiger partial charge is 0.0832 e. The van der Waals surface area contributed by atoms with Crippen LogP contribution in [0.25, 0.3) is 5.69 Å². The van der Waals surface area contributed by atoms with E-state index >= 15 is 0 Å². The Morgan fingerprint density at radius 3 is 2.32 bits per heavy atom. The maximum atomic E-state index is 6.44. The molecule has 0 bridgehead atoms. The quantitative estimate of drug-likeness (QED) is 0.541. The van der Waals surface area contributed by atoms with E-state index in [0.29, 0.717) is 10.0 Å². The van der Waals surface area contributed by atoms with Crippen LogP contribution in [0.2, 0.25) is 10.0 Å². The molecule has 0 saturated carbocycles. The summed E-state index contributed by atoms with van der Waals surface area (Å²) in [6, 6.07) is 16.6. The number of aryl methyl sites for hydroxylation is 1. The van der Waals surface area contributed by atoms with Crippen LogP contribution in [0, 0.1) is 13.8 Å². The van der Waals surface area contributed by atoms with Gasteiger partial charge in [-0.3, -0.25) is 4.90 Å². The predicted molar refractivity (Wildman–Crippen MR) is 119 cm³/mol. The average Bonchev–Trinajstić information content (AvgIpc) is 3.15. The van der Waals surface area contributed by atoms with Gasteiger partial charge < -0.3 is 9.47 Å². The minimum atomic E-state index is 0.584. The second-order valence-electron chi connectivity index (χ2n) is 7.42. The van der Waals surface area contributed by atoms with E-state index in [1.54, 1.807) is 0 Å². The Balaban J connectivity index is 1.46. The maximum absolute atomic E-state index is 6.44. The van der Waals surface area contributed by atoms with E-state index in [1.165, 1.54) is 22.5 Å². The fourth-order valence-electron chi connectivity index (χ4n) is 3.91. The van der Waals surface area contributed by atoms with Gasteiger partial charge in [0, 0.05) is 50.3 Å². The third-order valence-electron chi connectivity index (χ3n) is 5.70. The first kappa shape index (κ1) is 19.4. The lowest BCUT2D eigenvalue weighted by atomic mass is 10.1. The molecule has 0 spiro atoms. The second kappa shape index (κ2) is 8.20. The molecule has 5 heteroatoms. The maximum Gasteiger partial charge on any atom is 0.0832 e. The van der Waals surface area contributed by atoms with Gasteiger partial charge in [-0.25, -0.2) is 0 Å². The van der Waals surface area contributed by atoms with Gasteiger partial charge in [-0.2, -0.15) is 0 Å². The summed E-state index contributed by atoms with van der Waals surface area (Å²) in [6.45, 7) is 9.48. The molecule has 0 aliphatic carbocycles. The van der Waals surface area contributed by atoms with Gasteiger partial charge in [0.1, 0.15) is 0 Å². The molecule has 1 fully saturated rings. The number of hydrogen-bond acceptors (Lipinski definition) is 2. The van der Waals surface area contributed by atoms with Crippen LogP contribution >= 0.6 is 23.2 Å². The number of hydrogen-bond donors (Lipinski definition) is 0. The largest absolute Gasteiger partial charge is 0.369 e. The van der Waals surface area contributed by atoms with Crippen molar-refractivity contribution in [3.05, 3.63) is 81.6 Å². The molecule has 4 rings (SSSR count). The molecule has 3 nitrogen and oxygen atoms in total. The van der Waals surface area contributed by atoms with Gasteiger partial charge in [0.25, 0.3) is 0 Å². The lowest BCUT2D eigenvalue weighted by Gasteiger charge is -2.37. The molecule has 0 N–H and O–H groups in total. The van der Waals surface area contributed by atoms with Crippen LogP contribution in [0.5, 0.6) is 0 Å². The Kier molecular flexibility index (Phi) is 5.68. The molecule has 0 unspecified atom stereocenters. The summed E-state index contributed by atoms with van der Waals surface area (Å²) < 4.78 is 2.14. The molecule has 2 heterocycles. The minimum absolute atomic E-state index is 0.584. The fraction of sp³-hybridized carbons (Fsp3) is 0.304. The van der Waals surface area contributed by atoms with Crippen LogP contribution < -0.4 is 4.90 Å². The minimum Gasteiger partial charge on any atom is -0.369 e. The molecule has 146 valence electrons. The first-order valence-corrected chi connectivity index (χ1v) is 10.4. The number of aromatic nitrogens is 1. The van der Waals surface area contributed by atoms with Crippen molar-refractivity contribution in [3.8, 4) is 5.69 Å². The van der Waals surface area contributed by atoms with Crippen LogP contribution in [0.15, 0.2) is 54.7 Å². The Bertz CT molecular complexity index is 972. The lowest BCUT2D eigenvalue weighted by Crippen LogP contribution is -2.46. The van der Waals surface area contributed by atoms with Crippen molar-refractivity contribution < 1.29 is 0 Å². The number of benzene rings is 2. The number of anilines is 1. The molecule has 1 aromatic heterocycles. The summed E-state index contributed by atoms with van der Waals surface area (Å²) in [5.74, 6) is 0. The Morgan fingerprint density at radius 1 is 0.821 bits per heavy atom. The first-order valence-electron chi connectivity index (χ1n) is 9.69. The van der Waals surface area contributed by atoms with Crippen LogP contribution in [0.1, 0.15) is 16.8 Å². The highest BCUT2D eigenvalue weighted by Crippen LogP contribution is 2.30. The molecule has 1 aliphatic rings. The van der Waals surface area contributed by atoms with E-state index in [0.717, 1.165) is 38.4 Å². The van der Waals surface area contributed by atoms with Crippen LogP contribution in [-0.4, -0.2) is 35.6 Å². The summed E-state index contributed by atoms with van der Waals surface area (Å²) >= 11 is 12.7. The van der Waals surface area contributed by atoms with Gasteiger partial charge in [0.05, 0.1) is 15.7 Å². The standard InChI is InChI=1S/C23H25Cl2N3/c1-17-6-3-9-21(18(17)2)27-14-12-26(13-15-27)16-19-7-5-11-28(19)22-10-4-8-20(24)23(22)25/h3-11H,12-16H2,1-2H3. The summed E-state index contributed by atoms with van der Waals surface area (Å²) in [6.07, 6.45) is 2.05. The summed E-state index contributed by atoms with van der Waals surface area (Å²) in [5.41, 5.74) is 6.28. The van der Waals surface area contributed by atoms with E-state index in [-0.39, 0.29) is 0 Å². The van der Waals surface area contributed by atoms with Crippen molar-refractivity contribution in [3.63, 3.8) is 0 Å².